The molecule has 6 atom stereocenters. The van der Waals surface area contributed by atoms with Crippen LogP contribution in [0.4, 0.5) is 0 Å². The Morgan fingerprint density at radius 2 is 2.04 bits per heavy atom. The van der Waals surface area contributed by atoms with Crippen molar-refractivity contribution in [2.75, 3.05) is 6.54 Å². The Morgan fingerprint density at radius 3 is 2.72 bits per heavy atom. The van der Waals surface area contributed by atoms with Gasteiger partial charge in [0.15, 0.2) is 24.6 Å². The van der Waals surface area contributed by atoms with Crippen LogP contribution in [0, 0.1) is 4.91 Å². The summed E-state index contributed by atoms with van der Waals surface area (Å²) in [7, 11) is 0. The number of hydrogen-bond donors (Lipinski definition) is 4. The summed E-state index contributed by atoms with van der Waals surface area (Å²) in [6.07, 6.45) is -3.07. The quantitative estimate of drug-likeness (QED) is 0.392. The number of carboxylic acid groups (broad SMARTS) is 1. The van der Waals surface area contributed by atoms with Gasteiger partial charge in [-0.05, 0) is 18.9 Å². The van der Waals surface area contributed by atoms with Crippen molar-refractivity contribution in [2.24, 2.45) is 5.29 Å². The van der Waals surface area contributed by atoms with Crippen LogP contribution >= 0.6 is 0 Å². The molecule has 3 rings (SSSR count). The third-order valence-electron chi connectivity index (χ3n) is 4.68. The van der Waals surface area contributed by atoms with Crippen LogP contribution in [0.1, 0.15) is 30.7 Å². The molecule has 3 heterocycles. The van der Waals surface area contributed by atoms with Crippen molar-refractivity contribution >= 4 is 5.97 Å². The van der Waals surface area contributed by atoms with Crippen LogP contribution < -0.4 is 4.57 Å². The Hall–Kier alpha value is -2.14. The number of aliphatic hydroxyl groups excluding tert-OH is 3. The molecule has 4 N–H and O–H groups in total. The number of aliphatic hydroxyl groups is 3. The highest BCUT2D eigenvalue weighted by Crippen LogP contribution is 2.32. The highest BCUT2D eigenvalue weighted by Gasteiger charge is 2.51. The van der Waals surface area contributed by atoms with Crippen molar-refractivity contribution in [3.05, 3.63) is 35.0 Å². The van der Waals surface area contributed by atoms with Gasteiger partial charge in [0, 0.05) is 18.2 Å². The van der Waals surface area contributed by atoms with E-state index in [1.165, 1.54) is 9.58 Å². The summed E-state index contributed by atoms with van der Waals surface area (Å²) in [6.45, 7) is 0.553. The van der Waals surface area contributed by atoms with Gasteiger partial charge in [-0.25, -0.2) is 4.79 Å². The minimum Gasteiger partial charge on any atom is -0.479 e. The molecule has 1 aromatic rings. The Bertz CT molecular complexity index is 658. The second-order valence-corrected chi connectivity index (χ2v) is 6.24. The van der Waals surface area contributed by atoms with Crippen molar-refractivity contribution < 1.29 is 34.5 Å². The summed E-state index contributed by atoms with van der Waals surface area (Å²) in [4.78, 5) is 22.1. The van der Waals surface area contributed by atoms with Gasteiger partial charge in [-0.1, -0.05) is 0 Å². The summed E-state index contributed by atoms with van der Waals surface area (Å²) >= 11 is 0. The minimum absolute atomic E-state index is 0.212. The molecule has 0 spiro atoms. The predicted molar refractivity (Wildman–Crippen MR) is 80.7 cm³/mol. The van der Waals surface area contributed by atoms with Crippen LogP contribution in [-0.2, 0) is 9.53 Å². The molecule has 0 aliphatic carbocycles. The monoisotopic (exact) mass is 354 g/mol. The van der Waals surface area contributed by atoms with Crippen LogP contribution in [0.2, 0.25) is 0 Å². The van der Waals surface area contributed by atoms with Crippen molar-refractivity contribution in [1.29, 1.82) is 0 Å². The van der Waals surface area contributed by atoms with E-state index in [0.717, 1.165) is 18.4 Å². The predicted octanol–water partition coefficient (Wildman–Crippen LogP) is -1.14. The van der Waals surface area contributed by atoms with Gasteiger partial charge in [-0.3, -0.25) is 5.01 Å². The lowest BCUT2D eigenvalue weighted by molar-refractivity contribution is -0.777. The lowest BCUT2D eigenvalue weighted by Gasteiger charge is -2.35. The molecular weight excluding hydrogens is 334 g/mol. The van der Waals surface area contributed by atoms with E-state index in [4.69, 9.17) is 9.84 Å². The molecule has 0 amide bonds. The number of ether oxygens (including phenoxy) is 1. The zero-order valence-corrected chi connectivity index (χ0v) is 13.3. The molecule has 0 radical (unpaired) electrons. The van der Waals surface area contributed by atoms with Crippen LogP contribution in [0.5, 0.6) is 0 Å². The number of nitroso groups, excluding NO2 is 1. The zero-order chi connectivity index (χ0) is 18.1. The van der Waals surface area contributed by atoms with Gasteiger partial charge in [0.25, 0.3) is 6.23 Å². The minimum atomic E-state index is -1.74. The first-order valence-electron chi connectivity index (χ1n) is 7.97. The van der Waals surface area contributed by atoms with Gasteiger partial charge in [0.1, 0.15) is 12.2 Å². The SMILES string of the molecule is O=NN1CCC[C@@H]1c1ccc[n+]([C@@H]2O[C@H](C(=O)O)[C@@H](O)[C@@H](O)[C@H]2O)c1. The summed E-state index contributed by atoms with van der Waals surface area (Å²) in [6, 6.07) is 3.25. The fraction of sp³-hybridized carbons (Fsp3) is 0.600. The van der Waals surface area contributed by atoms with E-state index in [9.17, 15) is 25.0 Å². The number of aliphatic carboxylic acids is 1. The van der Waals surface area contributed by atoms with Crippen molar-refractivity contribution in [2.45, 2.75) is 49.5 Å². The van der Waals surface area contributed by atoms with Gasteiger partial charge in [0.05, 0.1) is 11.3 Å². The standard InChI is InChI=1S/C15H19N3O7/c19-10-11(20)13(15(22)23)25-14(12(10)21)17-5-1-3-8(7-17)9-4-2-6-18(9)16-24/h1,3,5,7,9-14,19-21H,2,4,6H2/p+1/t9-,10-,11+,12-,13+,14-/m1/s1. The Balaban J connectivity index is 1.89. The molecule has 25 heavy (non-hydrogen) atoms. The molecule has 2 saturated heterocycles. The average molecular weight is 354 g/mol. The number of pyridine rings is 1. The van der Waals surface area contributed by atoms with Crippen molar-refractivity contribution in [1.82, 2.24) is 5.01 Å². The molecule has 2 aliphatic rings. The first-order valence-corrected chi connectivity index (χ1v) is 7.97. The number of hydrogen-bond acceptors (Lipinski definition) is 7. The number of nitrogens with zero attached hydrogens (tertiary/aromatic N) is 3. The summed E-state index contributed by atoms with van der Waals surface area (Å²) in [5, 5.41) is 43.4. The van der Waals surface area contributed by atoms with Gasteiger partial charge in [-0.15, -0.1) is 4.91 Å². The van der Waals surface area contributed by atoms with E-state index in [1.807, 2.05) is 0 Å². The topological polar surface area (TPSA) is 144 Å². The lowest BCUT2D eigenvalue weighted by Crippen LogP contribution is -2.63. The third kappa shape index (κ3) is 3.21. The van der Waals surface area contributed by atoms with Crippen LogP contribution in [0.3, 0.4) is 0 Å². The van der Waals surface area contributed by atoms with E-state index >= 15 is 0 Å². The lowest BCUT2D eigenvalue weighted by atomic mass is 9.97. The van der Waals surface area contributed by atoms with E-state index in [-0.39, 0.29) is 6.04 Å². The smallest absolute Gasteiger partial charge is 0.335 e. The second-order valence-electron chi connectivity index (χ2n) is 6.24. The first-order chi connectivity index (χ1) is 11.9. The molecule has 0 unspecified atom stereocenters. The van der Waals surface area contributed by atoms with E-state index in [1.54, 1.807) is 24.5 Å². The van der Waals surface area contributed by atoms with Crippen molar-refractivity contribution in [3.8, 4) is 0 Å². The van der Waals surface area contributed by atoms with Gasteiger partial charge in [0.2, 0.25) is 0 Å². The van der Waals surface area contributed by atoms with Gasteiger partial charge < -0.3 is 25.2 Å². The maximum Gasteiger partial charge on any atom is 0.335 e. The Labute approximate surface area is 142 Å². The normalized spacial score (nSPS) is 35.6. The van der Waals surface area contributed by atoms with Crippen LogP contribution in [0.25, 0.3) is 0 Å². The second kappa shape index (κ2) is 7.00. The molecular formula is C15H20N3O7+. The molecule has 136 valence electrons. The first kappa shape index (κ1) is 17.7. The zero-order valence-electron chi connectivity index (χ0n) is 13.3. The van der Waals surface area contributed by atoms with Gasteiger partial charge >= 0.3 is 5.97 Å². The van der Waals surface area contributed by atoms with E-state index in [2.05, 4.69) is 5.29 Å². The van der Waals surface area contributed by atoms with Crippen molar-refractivity contribution in [3.63, 3.8) is 0 Å². The number of rotatable bonds is 4. The number of aromatic nitrogens is 1. The molecule has 0 bridgehead atoms. The number of carbonyl (C=O) groups is 1. The maximum atomic E-state index is 11.2. The molecule has 10 nitrogen and oxygen atoms in total. The fourth-order valence-electron chi connectivity index (χ4n) is 3.37. The summed E-state index contributed by atoms with van der Waals surface area (Å²) < 4.78 is 6.73. The largest absolute Gasteiger partial charge is 0.479 e. The molecule has 2 fully saturated rings. The Morgan fingerprint density at radius 1 is 1.28 bits per heavy atom. The molecule has 1 aromatic heterocycles. The average Bonchev–Trinajstić information content (AvgIpc) is 3.08. The molecule has 0 saturated carbocycles. The van der Waals surface area contributed by atoms with Crippen LogP contribution in [0.15, 0.2) is 29.8 Å². The molecule has 10 heteroatoms. The molecule has 2 aliphatic heterocycles. The van der Waals surface area contributed by atoms with E-state index in [0.29, 0.717) is 6.54 Å². The highest BCUT2D eigenvalue weighted by atomic mass is 16.6. The highest BCUT2D eigenvalue weighted by molar-refractivity contribution is 5.73. The summed E-state index contributed by atoms with van der Waals surface area (Å²) in [5.41, 5.74) is 0.753. The fourth-order valence-corrected chi connectivity index (χ4v) is 3.37. The number of carboxylic acids is 1. The van der Waals surface area contributed by atoms with E-state index < -0.39 is 36.6 Å². The van der Waals surface area contributed by atoms with Crippen LogP contribution in [-0.4, -0.2) is 62.4 Å². The third-order valence-corrected chi connectivity index (χ3v) is 4.68. The summed E-state index contributed by atoms with van der Waals surface area (Å²) in [5.74, 6) is -1.44. The molecule has 0 aromatic carbocycles. The maximum absolute atomic E-state index is 11.2. The Kier molecular flexibility index (Phi) is 4.95. The van der Waals surface area contributed by atoms with Gasteiger partial charge in [-0.2, -0.15) is 4.57 Å².